The van der Waals surface area contributed by atoms with Gasteiger partial charge >= 0.3 is 0 Å². The second-order valence-corrected chi connectivity index (χ2v) is 21.6. The van der Waals surface area contributed by atoms with Crippen LogP contribution in [0.15, 0.2) is 140 Å². The summed E-state index contributed by atoms with van der Waals surface area (Å²) in [6.45, 7) is 14.2. The smallest absolute Gasteiger partial charge is 0.256 e. The highest BCUT2D eigenvalue weighted by atomic mass is 32.1. The van der Waals surface area contributed by atoms with Crippen LogP contribution in [-0.2, 0) is 10.8 Å². The lowest BCUT2D eigenvalue weighted by Crippen LogP contribution is -2.60. The van der Waals surface area contributed by atoms with Gasteiger partial charge in [-0.1, -0.05) is 133 Å². The van der Waals surface area contributed by atoms with E-state index in [1.165, 1.54) is 57.7 Å². The Bertz CT molecular complexity index is 3210. The Morgan fingerprint density at radius 2 is 0.846 bits per heavy atom. The Hall–Kier alpha value is -6.68. The van der Waals surface area contributed by atoms with Gasteiger partial charge in [0.25, 0.3) is 6.71 Å². The molecule has 6 heterocycles. The molecule has 0 N–H and O–H groups in total. The minimum atomic E-state index is -0.0741. The SMILES string of the molecule is CC(C)(C)c1ccc2sc3c(c2c1)B1c2c(cccc2N(c2cc4c(cc2-c2ccccc2)OCO4)c2sc4ccc(C(C)(C)C)cc4c21)N3c1cc2c(cc1-c1ccccc1)OCO2. The van der Waals surface area contributed by atoms with Gasteiger partial charge in [0.15, 0.2) is 23.0 Å². The van der Waals surface area contributed by atoms with Gasteiger partial charge in [-0.25, -0.2) is 0 Å². The molecular formula is C56H45BN2O4S2. The molecule has 0 spiro atoms. The van der Waals surface area contributed by atoms with E-state index < -0.39 is 0 Å². The van der Waals surface area contributed by atoms with Gasteiger partial charge in [0.2, 0.25) is 13.6 Å². The third-order valence-corrected chi connectivity index (χ3v) is 15.9. The second-order valence-electron chi connectivity index (χ2n) is 19.6. The van der Waals surface area contributed by atoms with E-state index in [4.69, 9.17) is 18.9 Å². The summed E-state index contributed by atoms with van der Waals surface area (Å²) in [5, 5.41) is 5.04. The summed E-state index contributed by atoms with van der Waals surface area (Å²) in [7, 11) is 0. The lowest BCUT2D eigenvalue weighted by atomic mass is 9.33. The highest BCUT2D eigenvalue weighted by Crippen LogP contribution is 2.55. The van der Waals surface area contributed by atoms with Gasteiger partial charge in [-0.05, 0) is 96.6 Å². The van der Waals surface area contributed by atoms with Crippen molar-refractivity contribution in [2.75, 3.05) is 23.4 Å². The van der Waals surface area contributed by atoms with Crippen molar-refractivity contribution in [1.82, 2.24) is 0 Å². The lowest BCUT2D eigenvalue weighted by Gasteiger charge is -2.42. The van der Waals surface area contributed by atoms with E-state index in [1.807, 2.05) is 22.7 Å². The Balaban J connectivity index is 1.18. The molecule has 0 amide bonds. The predicted molar refractivity (Wildman–Crippen MR) is 272 cm³/mol. The maximum Gasteiger partial charge on any atom is 0.256 e. The van der Waals surface area contributed by atoms with Crippen molar-refractivity contribution in [3.05, 3.63) is 151 Å². The molecule has 2 aromatic heterocycles. The fourth-order valence-electron chi connectivity index (χ4n) is 10.3. The molecule has 0 saturated heterocycles. The first-order valence-electron chi connectivity index (χ1n) is 22.3. The maximum atomic E-state index is 6.20. The molecule has 0 saturated carbocycles. The number of anilines is 6. The van der Waals surface area contributed by atoms with Crippen LogP contribution < -0.4 is 45.1 Å². The van der Waals surface area contributed by atoms with Gasteiger partial charge in [-0.3, -0.25) is 0 Å². The van der Waals surface area contributed by atoms with Gasteiger partial charge in [0, 0.05) is 44.0 Å². The van der Waals surface area contributed by atoms with Crippen LogP contribution in [0.5, 0.6) is 23.0 Å². The fourth-order valence-corrected chi connectivity index (χ4v) is 12.8. The van der Waals surface area contributed by atoms with Crippen LogP contribution in [0.1, 0.15) is 52.7 Å². The van der Waals surface area contributed by atoms with Crippen LogP contribution >= 0.6 is 22.7 Å². The zero-order chi connectivity index (χ0) is 43.9. The van der Waals surface area contributed by atoms with E-state index in [2.05, 4.69) is 191 Å². The monoisotopic (exact) mass is 884 g/mol. The van der Waals surface area contributed by atoms with Crippen molar-refractivity contribution in [3.63, 3.8) is 0 Å². The van der Waals surface area contributed by atoms with Crippen LogP contribution in [0.25, 0.3) is 42.4 Å². The zero-order valence-electron chi connectivity index (χ0n) is 37.1. The summed E-state index contributed by atoms with van der Waals surface area (Å²) in [6.07, 6.45) is 0. The van der Waals surface area contributed by atoms with Crippen LogP contribution in [0.3, 0.4) is 0 Å². The van der Waals surface area contributed by atoms with Gasteiger partial charge < -0.3 is 28.7 Å². The number of ether oxygens (including phenoxy) is 4. The third kappa shape index (κ3) is 5.84. The van der Waals surface area contributed by atoms with E-state index in [0.717, 1.165) is 68.0 Å². The minimum Gasteiger partial charge on any atom is -0.454 e. The number of nitrogens with zero attached hydrogens (tertiary/aromatic N) is 2. The number of hydrogen-bond acceptors (Lipinski definition) is 8. The molecule has 4 aliphatic heterocycles. The van der Waals surface area contributed by atoms with E-state index in [1.54, 1.807) is 0 Å². The number of thiophene rings is 2. The van der Waals surface area contributed by atoms with Crippen molar-refractivity contribution >= 4 is 98.7 Å². The molecule has 7 aromatic carbocycles. The highest BCUT2D eigenvalue weighted by Gasteiger charge is 2.48. The number of hydrogen-bond donors (Lipinski definition) is 0. The molecule has 65 heavy (non-hydrogen) atoms. The van der Waals surface area contributed by atoms with Crippen LogP contribution in [-0.4, -0.2) is 20.3 Å². The topological polar surface area (TPSA) is 43.4 Å². The molecule has 9 heteroatoms. The summed E-state index contributed by atoms with van der Waals surface area (Å²) in [5.74, 6) is 3.02. The van der Waals surface area contributed by atoms with Gasteiger partial charge in [-0.2, -0.15) is 0 Å². The molecule has 0 bridgehead atoms. The molecular weight excluding hydrogens is 840 g/mol. The molecule has 6 nitrogen and oxygen atoms in total. The third-order valence-electron chi connectivity index (χ3n) is 13.6. The van der Waals surface area contributed by atoms with Crippen molar-refractivity contribution in [2.45, 2.75) is 52.4 Å². The highest BCUT2D eigenvalue weighted by molar-refractivity contribution is 7.29. The van der Waals surface area contributed by atoms with Crippen LogP contribution in [0.4, 0.5) is 32.8 Å². The maximum absolute atomic E-state index is 6.20. The van der Waals surface area contributed by atoms with E-state index in [9.17, 15) is 0 Å². The summed E-state index contributed by atoms with van der Waals surface area (Å²) in [4.78, 5) is 5.07. The van der Waals surface area contributed by atoms with E-state index in [-0.39, 0.29) is 31.1 Å². The largest absolute Gasteiger partial charge is 0.454 e. The summed E-state index contributed by atoms with van der Waals surface area (Å²) in [5.41, 5.74) is 15.2. The minimum absolute atomic E-state index is 0.0450. The summed E-state index contributed by atoms with van der Waals surface area (Å²) < 4.78 is 27.1. The lowest BCUT2D eigenvalue weighted by molar-refractivity contribution is 0.173. The molecule has 0 aliphatic carbocycles. The van der Waals surface area contributed by atoms with E-state index >= 15 is 0 Å². The van der Waals surface area contributed by atoms with Crippen LogP contribution in [0, 0.1) is 0 Å². The number of rotatable bonds is 4. The summed E-state index contributed by atoms with van der Waals surface area (Å²) in [6, 6.07) is 51.4. The van der Waals surface area contributed by atoms with Crippen molar-refractivity contribution in [1.29, 1.82) is 0 Å². The van der Waals surface area contributed by atoms with Crippen molar-refractivity contribution in [2.24, 2.45) is 0 Å². The Morgan fingerprint density at radius 3 is 1.26 bits per heavy atom. The fraction of sp³-hybridized carbons (Fsp3) is 0.179. The number of fused-ring (bicyclic) bond motifs is 10. The molecule has 0 radical (unpaired) electrons. The molecule has 0 fully saturated rings. The first-order chi connectivity index (χ1) is 31.5. The second kappa shape index (κ2) is 13.9. The Morgan fingerprint density at radius 1 is 0.431 bits per heavy atom. The molecule has 9 aromatic rings. The van der Waals surface area contributed by atoms with Gasteiger partial charge in [0.1, 0.15) is 0 Å². The Labute approximate surface area is 387 Å². The van der Waals surface area contributed by atoms with Crippen LogP contribution in [0.2, 0.25) is 0 Å². The standard InChI is InChI=1S/C56H45BN2O4S2/c1-55(2,3)34-20-22-48-38(24-34)50-53(64-48)58(42-28-46-44(60-30-62-46)26-36(42)32-14-9-7-10-15-32)40-18-13-19-41-52(40)57(50)51-39-25-35(56(4,5)6)21-23-49(39)65-54(51)59(41)43-29-47-45(61-31-63-47)27-37(43)33-16-11-8-12-17-33/h7-29H,30-31H2,1-6H3. The quantitative estimate of drug-likeness (QED) is 0.164. The molecule has 4 aliphatic rings. The molecule has 13 rings (SSSR count). The van der Waals surface area contributed by atoms with Crippen molar-refractivity contribution in [3.8, 4) is 45.3 Å². The first-order valence-corrected chi connectivity index (χ1v) is 24.0. The average Bonchev–Trinajstić information content (AvgIpc) is 4.12. The van der Waals surface area contributed by atoms with Gasteiger partial charge in [-0.15, -0.1) is 22.7 Å². The average molecular weight is 885 g/mol. The number of benzene rings is 7. The van der Waals surface area contributed by atoms with Gasteiger partial charge in [0.05, 0.1) is 21.4 Å². The normalized spacial score (nSPS) is 14.6. The van der Waals surface area contributed by atoms with E-state index in [0.29, 0.717) is 0 Å². The molecule has 318 valence electrons. The van der Waals surface area contributed by atoms with Crippen molar-refractivity contribution < 1.29 is 18.9 Å². The predicted octanol–water partition coefficient (Wildman–Crippen LogP) is 13.6. The molecule has 0 atom stereocenters. The zero-order valence-corrected chi connectivity index (χ0v) is 38.7. The molecule has 0 unspecified atom stereocenters. The Kier molecular flexibility index (Phi) is 8.30. The first kappa shape index (κ1) is 38.8. The summed E-state index contributed by atoms with van der Waals surface area (Å²) >= 11 is 3.77.